The van der Waals surface area contributed by atoms with Crippen LogP contribution < -0.4 is 10.6 Å². The quantitative estimate of drug-likeness (QED) is 0.297. The van der Waals surface area contributed by atoms with Crippen LogP contribution in [0.4, 0.5) is 4.79 Å². The zero-order valence-corrected chi connectivity index (χ0v) is 16.4. The van der Waals surface area contributed by atoms with E-state index in [2.05, 4.69) is 10.6 Å². The van der Waals surface area contributed by atoms with Crippen LogP contribution in [0.25, 0.3) is 0 Å². The van der Waals surface area contributed by atoms with Crippen LogP contribution in [0.2, 0.25) is 6.04 Å². The second-order valence-corrected chi connectivity index (χ2v) is 7.83. The summed E-state index contributed by atoms with van der Waals surface area (Å²) in [4.78, 5) is 11.7. The summed E-state index contributed by atoms with van der Waals surface area (Å²) in [5.41, 5.74) is 0. The Morgan fingerprint density at radius 3 is 2.04 bits per heavy atom. The monoisotopic (exact) mass is 366 g/mol. The largest absolute Gasteiger partial charge is 0.500 e. The Morgan fingerprint density at radius 2 is 1.58 bits per heavy atom. The Hall–Kier alpha value is -0.713. The number of hydrogen-bond donors (Lipinski definition) is 3. The first-order valence-corrected chi connectivity index (χ1v) is 10.6. The molecule has 3 N–H and O–H groups in total. The van der Waals surface area contributed by atoms with Crippen LogP contribution in [0.15, 0.2) is 0 Å². The molecule has 1 unspecified atom stereocenters. The fourth-order valence-corrected chi connectivity index (χ4v) is 4.81. The fourth-order valence-electron chi connectivity index (χ4n) is 2.20. The molecule has 2 amide bonds. The maximum atomic E-state index is 11.7. The van der Waals surface area contributed by atoms with Gasteiger partial charge in [-0.1, -0.05) is 0 Å². The van der Waals surface area contributed by atoms with Crippen LogP contribution in [-0.2, 0) is 18.0 Å². The van der Waals surface area contributed by atoms with Gasteiger partial charge in [-0.05, 0) is 33.6 Å². The minimum atomic E-state index is -2.63. The lowest BCUT2D eigenvalue weighted by Gasteiger charge is -2.28. The summed E-state index contributed by atoms with van der Waals surface area (Å²) in [6, 6.07) is 0.429. The summed E-state index contributed by atoms with van der Waals surface area (Å²) in [5.74, 6) is 0. The molecule has 0 saturated heterocycles. The lowest BCUT2D eigenvalue weighted by atomic mass is 10.2. The summed E-state index contributed by atoms with van der Waals surface area (Å²) >= 11 is 0. The number of ether oxygens (including phenoxy) is 1. The van der Waals surface area contributed by atoms with Gasteiger partial charge in [0.15, 0.2) is 0 Å². The van der Waals surface area contributed by atoms with Crippen molar-refractivity contribution in [2.24, 2.45) is 0 Å². The summed E-state index contributed by atoms with van der Waals surface area (Å²) in [6.07, 6.45) is 1.03. The molecule has 0 aliphatic heterocycles. The Balaban J connectivity index is 4.03. The predicted molar refractivity (Wildman–Crippen MR) is 94.0 cm³/mol. The standard InChI is InChI=1S/C15H34N2O6Si/c1-5-21-24(22-6-2,23-7-3)12-8-10-16-15(19)17-11-9-14(13-18)20-4/h14,18H,5-13H2,1-4H3,(H2,16,17,19). The van der Waals surface area contributed by atoms with Crippen LogP contribution in [0.3, 0.4) is 0 Å². The van der Waals surface area contributed by atoms with Crippen molar-refractivity contribution in [1.82, 2.24) is 10.6 Å². The molecule has 9 heteroatoms. The van der Waals surface area contributed by atoms with Crippen molar-refractivity contribution in [3.8, 4) is 0 Å². The molecular weight excluding hydrogens is 332 g/mol. The third-order valence-electron chi connectivity index (χ3n) is 3.33. The third kappa shape index (κ3) is 10.2. The van der Waals surface area contributed by atoms with E-state index in [0.717, 1.165) is 6.42 Å². The molecule has 1 atom stereocenters. The predicted octanol–water partition coefficient (Wildman–Crippen LogP) is 1.12. The van der Waals surface area contributed by atoms with E-state index in [4.69, 9.17) is 23.1 Å². The molecule has 0 radical (unpaired) electrons. The van der Waals surface area contributed by atoms with Gasteiger partial charge in [0, 0.05) is 46.1 Å². The highest BCUT2D eigenvalue weighted by molar-refractivity contribution is 6.60. The van der Waals surface area contributed by atoms with Crippen LogP contribution >= 0.6 is 0 Å². The normalized spacial score (nSPS) is 12.9. The van der Waals surface area contributed by atoms with Gasteiger partial charge in [0.2, 0.25) is 0 Å². The summed E-state index contributed by atoms with van der Waals surface area (Å²) in [5, 5.41) is 14.5. The fraction of sp³-hybridized carbons (Fsp3) is 0.933. The Morgan fingerprint density at radius 1 is 1.04 bits per heavy atom. The molecule has 144 valence electrons. The lowest BCUT2D eigenvalue weighted by molar-refractivity contribution is 0.0439. The van der Waals surface area contributed by atoms with Crippen molar-refractivity contribution in [2.75, 3.05) is 46.6 Å². The zero-order chi connectivity index (χ0) is 18.3. The van der Waals surface area contributed by atoms with Gasteiger partial charge in [0.05, 0.1) is 12.7 Å². The van der Waals surface area contributed by atoms with Gasteiger partial charge in [-0.2, -0.15) is 0 Å². The lowest BCUT2D eigenvalue weighted by Crippen LogP contribution is -2.46. The molecule has 8 nitrogen and oxygen atoms in total. The SMILES string of the molecule is CCO[Si](CCCNC(=O)NCCC(CO)OC)(OCC)OCC. The molecule has 0 aliphatic rings. The van der Waals surface area contributed by atoms with Gasteiger partial charge >= 0.3 is 14.8 Å². The smallest absolute Gasteiger partial charge is 0.394 e. The highest BCUT2D eigenvalue weighted by Gasteiger charge is 2.39. The summed E-state index contributed by atoms with van der Waals surface area (Å²) in [6.45, 7) is 8.31. The number of carbonyl (C=O) groups excluding carboxylic acids is 1. The molecular formula is C15H34N2O6Si. The Bertz CT molecular complexity index is 301. The molecule has 0 bridgehead atoms. The molecule has 0 aromatic heterocycles. The number of carbonyl (C=O) groups is 1. The maximum Gasteiger partial charge on any atom is 0.500 e. The van der Waals surface area contributed by atoms with Crippen molar-refractivity contribution >= 4 is 14.8 Å². The minimum absolute atomic E-state index is 0.0568. The minimum Gasteiger partial charge on any atom is -0.394 e. The van der Waals surface area contributed by atoms with Gasteiger partial charge in [-0.3, -0.25) is 0 Å². The first-order chi connectivity index (χ1) is 11.6. The number of hydrogen-bond acceptors (Lipinski definition) is 6. The average molecular weight is 367 g/mol. The van der Waals surface area contributed by atoms with Crippen molar-refractivity contribution in [2.45, 2.75) is 45.8 Å². The molecule has 0 aromatic carbocycles. The number of urea groups is 1. The summed E-state index contributed by atoms with van der Waals surface area (Å²) < 4.78 is 22.3. The van der Waals surface area contributed by atoms with Crippen molar-refractivity contribution < 1.29 is 27.9 Å². The van der Waals surface area contributed by atoms with Crippen LogP contribution in [0.5, 0.6) is 0 Å². The zero-order valence-electron chi connectivity index (χ0n) is 15.4. The van der Waals surface area contributed by atoms with Gasteiger partial charge in [0.1, 0.15) is 0 Å². The number of aliphatic hydroxyl groups is 1. The Labute approximate surface area is 146 Å². The molecule has 24 heavy (non-hydrogen) atoms. The van der Waals surface area contributed by atoms with E-state index in [1.54, 1.807) is 0 Å². The molecule has 0 aliphatic carbocycles. The molecule has 0 aromatic rings. The topological polar surface area (TPSA) is 98.3 Å². The second kappa shape index (κ2) is 14.6. The van der Waals surface area contributed by atoms with Gasteiger partial charge in [-0.25, -0.2) is 4.79 Å². The van der Waals surface area contributed by atoms with Crippen LogP contribution in [0.1, 0.15) is 33.6 Å². The second-order valence-electron chi connectivity index (χ2n) is 5.10. The van der Waals surface area contributed by atoms with E-state index in [0.29, 0.717) is 45.4 Å². The van der Waals surface area contributed by atoms with Gasteiger partial charge in [0.25, 0.3) is 0 Å². The van der Waals surface area contributed by atoms with E-state index >= 15 is 0 Å². The summed E-state index contributed by atoms with van der Waals surface area (Å²) in [7, 11) is -1.10. The van der Waals surface area contributed by atoms with E-state index < -0.39 is 8.80 Å². The number of rotatable bonds is 15. The highest BCUT2D eigenvalue weighted by Crippen LogP contribution is 2.17. The van der Waals surface area contributed by atoms with Crippen molar-refractivity contribution in [3.05, 3.63) is 0 Å². The number of aliphatic hydroxyl groups excluding tert-OH is 1. The first-order valence-electron chi connectivity index (χ1n) is 8.64. The molecule has 0 saturated carbocycles. The first kappa shape index (κ1) is 23.3. The van der Waals surface area contributed by atoms with Crippen molar-refractivity contribution in [3.63, 3.8) is 0 Å². The van der Waals surface area contributed by atoms with E-state index in [9.17, 15) is 4.79 Å². The maximum absolute atomic E-state index is 11.7. The van der Waals surface area contributed by atoms with E-state index in [1.807, 2.05) is 20.8 Å². The van der Waals surface area contributed by atoms with Crippen LogP contribution in [0, 0.1) is 0 Å². The number of methoxy groups -OCH3 is 1. The van der Waals surface area contributed by atoms with Crippen molar-refractivity contribution in [1.29, 1.82) is 0 Å². The number of amides is 2. The molecule has 0 spiro atoms. The van der Waals surface area contributed by atoms with Gasteiger partial charge < -0.3 is 33.8 Å². The third-order valence-corrected chi connectivity index (χ3v) is 6.48. The molecule has 0 fully saturated rings. The van der Waals surface area contributed by atoms with Crippen LogP contribution in [-0.4, -0.2) is 72.7 Å². The number of nitrogens with one attached hydrogen (secondary N) is 2. The highest BCUT2D eigenvalue weighted by atomic mass is 28.4. The average Bonchev–Trinajstić information content (AvgIpc) is 2.56. The van der Waals surface area contributed by atoms with E-state index in [-0.39, 0.29) is 18.7 Å². The van der Waals surface area contributed by atoms with Gasteiger partial charge in [-0.15, -0.1) is 0 Å². The van der Waals surface area contributed by atoms with E-state index in [1.165, 1.54) is 7.11 Å². The molecule has 0 heterocycles. The Kier molecular flexibility index (Phi) is 14.2. The molecule has 0 rings (SSSR count).